The predicted octanol–water partition coefficient (Wildman–Crippen LogP) is 0.194. The normalized spacial score (nSPS) is 12.0. The molecule has 0 aliphatic rings. The third-order valence-electron chi connectivity index (χ3n) is 2.87. The van der Waals surface area contributed by atoms with E-state index in [1.165, 1.54) is 12.3 Å². The number of rotatable bonds is 8. The lowest BCUT2D eigenvalue weighted by atomic mass is 10.3. The first-order valence-electron chi connectivity index (χ1n) is 6.31. The van der Waals surface area contributed by atoms with Crippen LogP contribution in [0.5, 0.6) is 0 Å². The van der Waals surface area contributed by atoms with E-state index in [0.29, 0.717) is 18.7 Å². The van der Waals surface area contributed by atoms with E-state index in [1.807, 2.05) is 13.8 Å². The summed E-state index contributed by atoms with van der Waals surface area (Å²) in [5.74, 6) is 0. The molecule has 0 fully saturated rings. The number of likely N-dealkylation sites (N-methyl/N-ethyl adjacent to an activating group) is 1. The summed E-state index contributed by atoms with van der Waals surface area (Å²) in [6.07, 6.45) is 1.36. The summed E-state index contributed by atoms with van der Waals surface area (Å²) in [7, 11) is -3.57. The van der Waals surface area contributed by atoms with Crippen molar-refractivity contribution in [2.75, 3.05) is 26.2 Å². The molecule has 0 saturated heterocycles. The smallest absolute Gasteiger partial charge is 0.258 e. The van der Waals surface area contributed by atoms with Crippen LogP contribution in [0.1, 0.15) is 19.4 Å². The third-order valence-corrected chi connectivity index (χ3v) is 4.25. The van der Waals surface area contributed by atoms with Crippen LogP contribution < -0.4 is 4.72 Å². The van der Waals surface area contributed by atoms with E-state index < -0.39 is 10.0 Å². The van der Waals surface area contributed by atoms with Gasteiger partial charge < -0.3 is 10.0 Å². The number of nitrogens with zero attached hydrogens (tertiary/aromatic N) is 2. The number of nitrogens with one attached hydrogen (secondary N) is 1. The van der Waals surface area contributed by atoms with Crippen LogP contribution in [0.2, 0.25) is 0 Å². The van der Waals surface area contributed by atoms with Gasteiger partial charge in [-0.15, -0.1) is 0 Å². The largest absolute Gasteiger partial charge is 0.392 e. The summed E-state index contributed by atoms with van der Waals surface area (Å²) in [5, 5.41) is 8.85. The Morgan fingerprint density at radius 3 is 2.47 bits per heavy atom. The number of hydrogen-bond acceptors (Lipinski definition) is 5. The zero-order valence-electron chi connectivity index (χ0n) is 11.3. The Morgan fingerprint density at radius 1 is 1.32 bits per heavy atom. The number of aliphatic hydroxyl groups excluding tert-OH is 1. The van der Waals surface area contributed by atoms with Gasteiger partial charge in [0.05, 0.1) is 6.61 Å². The van der Waals surface area contributed by atoms with Gasteiger partial charge in [0.2, 0.25) is 0 Å². The maximum atomic E-state index is 11.9. The molecule has 0 spiro atoms. The zero-order valence-corrected chi connectivity index (χ0v) is 12.2. The quantitative estimate of drug-likeness (QED) is 0.713. The van der Waals surface area contributed by atoms with E-state index in [-0.39, 0.29) is 11.6 Å². The van der Waals surface area contributed by atoms with Crippen molar-refractivity contribution in [2.45, 2.75) is 25.5 Å². The zero-order chi connectivity index (χ0) is 14.3. The SMILES string of the molecule is CCN(CC)CCNS(=O)(=O)c1ccc(CO)cn1. The van der Waals surface area contributed by atoms with E-state index in [9.17, 15) is 8.42 Å². The van der Waals surface area contributed by atoms with Crippen LogP contribution in [-0.4, -0.2) is 49.6 Å². The van der Waals surface area contributed by atoms with Gasteiger partial charge >= 0.3 is 0 Å². The lowest BCUT2D eigenvalue weighted by Gasteiger charge is -2.17. The highest BCUT2D eigenvalue weighted by Gasteiger charge is 2.15. The second-order valence-electron chi connectivity index (χ2n) is 4.09. The van der Waals surface area contributed by atoms with Crippen molar-refractivity contribution in [1.82, 2.24) is 14.6 Å². The summed E-state index contributed by atoms with van der Waals surface area (Å²) in [4.78, 5) is 5.96. The van der Waals surface area contributed by atoms with Gasteiger partial charge in [-0.3, -0.25) is 0 Å². The maximum absolute atomic E-state index is 11.9. The highest BCUT2D eigenvalue weighted by atomic mass is 32.2. The topological polar surface area (TPSA) is 82.5 Å². The van der Waals surface area contributed by atoms with E-state index in [1.54, 1.807) is 6.07 Å². The molecule has 2 N–H and O–H groups in total. The summed E-state index contributed by atoms with van der Waals surface area (Å²) >= 11 is 0. The van der Waals surface area contributed by atoms with Gasteiger partial charge in [-0.25, -0.2) is 18.1 Å². The first-order chi connectivity index (χ1) is 9.03. The average molecular weight is 287 g/mol. The molecule has 1 aromatic rings. The minimum Gasteiger partial charge on any atom is -0.392 e. The van der Waals surface area contributed by atoms with Gasteiger partial charge in [-0.1, -0.05) is 19.9 Å². The Balaban J connectivity index is 2.60. The van der Waals surface area contributed by atoms with E-state index in [2.05, 4.69) is 14.6 Å². The highest BCUT2D eigenvalue weighted by Crippen LogP contribution is 2.06. The molecule has 0 aliphatic carbocycles. The fraction of sp³-hybridized carbons (Fsp3) is 0.583. The van der Waals surface area contributed by atoms with Crippen LogP contribution in [0.15, 0.2) is 23.4 Å². The minimum absolute atomic E-state index is 0.0238. The second-order valence-corrected chi connectivity index (χ2v) is 5.80. The van der Waals surface area contributed by atoms with Gasteiger partial charge in [0, 0.05) is 19.3 Å². The summed E-state index contributed by atoms with van der Waals surface area (Å²) < 4.78 is 26.4. The fourth-order valence-electron chi connectivity index (χ4n) is 1.62. The van der Waals surface area contributed by atoms with E-state index in [4.69, 9.17) is 5.11 Å². The van der Waals surface area contributed by atoms with Gasteiger partial charge in [0.1, 0.15) is 0 Å². The molecule has 0 saturated carbocycles. The number of aliphatic hydroxyl groups is 1. The Hall–Kier alpha value is -1.02. The lowest BCUT2D eigenvalue weighted by Crippen LogP contribution is -2.35. The molecule has 108 valence electrons. The van der Waals surface area contributed by atoms with Crippen molar-refractivity contribution in [3.8, 4) is 0 Å². The minimum atomic E-state index is -3.57. The van der Waals surface area contributed by atoms with E-state index in [0.717, 1.165) is 13.1 Å². The van der Waals surface area contributed by atoms with Gasteiger partial charge in [-0.05, 0) is 24.7 Å². The van der Waals surface area contributed by atoms with Crippen LogP contribution in [-0.2, 0) is 16.6 Å². The van der Waals surface area contributed by atoms with Crippen molar-refractivity contribution < 1.29 is 13.5 Å². The molecule has 0 aliphatic heterocycles. The molecule has 0 amide bonds. The van der Waals surface area contributed by atoms with Gasteiger partial charge in [0.25, 0.3) is 10.0 Å². The molecule has 0 aromatic carbocycles. The number of hydrogen-bond donors (Lipinski definition) is 2. The molecular weight excluding hydrogens is 266 g/mol. The number of aromatic nitrogens is 1. The predicted molar refractivity (Wildman–Crippen MR) is 73.1 cm³/mol. The molecule has 19 heavy (non-hydrogen) atoms. The van der Waals surface area contributed by atoms with Crippen LogP contribution >= 0.6 is 0 Å². The fourth-order valence-corrected chi connectivity index (χ4v) is 2.56. The van der Waals surface area contributed by atoms with Crippen molar-refractivity contribution in [2.24, 2.45) is 0 Å². The molecule has 0 bridgehead atoms. The van der Waals surface area contributed by atoms with Crippen molar-refractivity contribution in [3.63, 3.8) is 0 Å². The average Bonchev–Trinajstić information content (AvgIpc) is 2.43. The number of sulfonamides is 1. The molecule has 0 unspecified atom stereocenters. The van der Waals surface area contributed by atoms with Crippen molar-refractivity contribution in [1.29, 1.82) is 0 Å². The molecule has 0 atom stereocenters. The molecule has 1 rings (SSSR count). The van der Waals surface area contributed by atoms with Gasteiger partial charge in [0.15, 0.2) is 5.03 Å². The first-order valence-corrected chi connectivity index (χ1v) is 7.79. The summed E-state index contributed by atoms with van der Waals surface area (Å²) in [6.45, 7) is 6.72. The van der Waals surface area contributed by atoms with Crippen molar-refractivity contribution >= 4 is 10.0 Å². The van der Waals surface area contributed by atoms with Crippen LogP contribution in [0.4, 0.5) is 0 Å². The molecule has 0 radical (unpaired) electrons. The van der Waals surface area contributed by atoms with Crippen LogP contribution in [0.25, 0.3) is 0 Å². The molecular formula is C12H21N3O3S. The monoisotopic (exact) mass is 287 g/mol. The highest BCUT2D eigenvalue weighted by molar-refractivity contribution is 7.89. The summed E-state index contributed by atoms with van der Waals surface area (Å²) in [5.41, 5.74) is 0.585. The van der Waals surface area contributed by atoms with Crippen molar-refractivity contribution in [3.05, 3.63) is 23.9 Å². The maximum Gasteiger partial charge on any atom is 0.258 e. The first kappa shape index (κ1) is 16.0. The molecule has 6 nitrogen and oxygen atoms in total. The van der Waals surface area contributed by atoms with Crippen LogP contribution in [0.3, 0.4) is 0 Å². The standard InChI is InChI=1S/C12H21N3O3S/c1-3-15(4-2)8-7-14-19(17,18)12-6-5-11(10-16)9-13-12/h5-6,9,14,16H,3-4,7-8,10H2,1-2H3. The summed E-state index contributed by atoms with van der Waals surface area (Å²) in [6, 6.07) is 2.94. The molecule has 7 heteroatoms. The Morgan fingerprint density at radius 2 is 2.00 bits per heavy atom. The lowest BCUT2D eigenvalue weighted by molar-refractivity contribution is 0.281. The van der Waals surface area contributed by atoms with E-state index >= 15 is 0 Å². The Bertz CT molecular complexity index is 469. The van der Waals surface area contributed by atoms with Gasteiger partial charge in [-0.2, -0.15) is 0 Å². The molecule has 1 aromatic heterocycles. The Kier molecular flexibility index (Phi) is 6.36. The second kappa shape index (κ2) is 7.54. The number of pyridine rings is 1. The molecule has 1 heterocycles. The van der Waals surface area contributed by atoms with Crippen LogP contribution in [0, 0.1) is 0 Å². The third kappa shape index (κ3) is 4.87. The Labute approximate surface area is 114 Å².